The van der Waals surface area contributed by atoms with E-state index in [4.69, 9.17) is 5.11 Å². The summed E-state index contributed by atoms with van der Waals surface area (Å²) in [4.78, 5) is 10.4. The Morgan fingerprint density at radius 1 is 1.27 bits per heavy atom. The highest BCUT2D eigenvalue weighted by molar-refractivity contribution is 7.99. The zero-order chi connectivity index (χ0) is 11.5. The highest BCUT2D eigenvalue weighted by Crippen LogP contribution is 2.32. The van der Waals surface area contributed by atoms with Crippen molar-refractivity contribution in [1.82, 2.24) is 0 Å². The summed E-state index contributed by atoms with van der Waals surface area (Å²) in [5.74, 6) is -1.30. The Labute approximate surface area is 88.1 Å². The molecular weight excluding hydrogens is 229 g/mol. The van der Waals surface area contributed by atoms with Crippen LogP contribution in [0.5, 0.6) is 0 Å². The molecule has 0 radical (unpaired) electrons. The molecule has 0 bridgehead atoms. The van der Waals surface area contributed by atoms with Crippen LogP contribution in [0.4, 0.5) is 13.2 Å². The first-order valence-corrected chi connectivity index (χ1v) is 4.90. The van der Waals surface area contributed by atoms with Crippen molar-refractivity contribution in [3.05, 3.63) is 35.4 Å². The molecule has 1 aromatic rings. The summed E-state index contributed by atoms with van der Waals surface area (Å²) in [6.45, 7) is 0. The maximum absolute atomic E-state index is 11.8. The van der Waals surface area contributed by atoms with Crippen LogP contribution in [0.25, 0.3) is 0 Å². The van der Waals surface area contributed by atoms with Crippen molar-refractivity contribution in [3.63, 3.8) is 0 Å². The fourth-order valence-corrected chi connectivity index (χ4v) is 1.43. The minimum absolute atomic E-state index is 0.0655. The molecule has 1 aromatic carbocycles. The number of rotatable bonds is 3. The highest BCUT2D eigenvalue weighted by Gasteiger charge is 2.27. The first-order valence-electron chi connectivity index (χ1n) is 3.91. The van der Waals surface area contributed by atoms with Gasteiger partial charge in [0.15, 0.2) is 0 Å². The van der Waals surface area contributed by atoms with Gasteiger partial charge in [-0.3, -0.25) is 0 Å². The van der Waals surface area contributed by atoms with E-state index in [0.29, 0.717) is 5.56 Å². The third kappa shape index (κ3) is 4.24. The summed E-state index contributed by atoms with van der Waals surface area (Å²) in [5, 5.41) is 8.55. The number of aromatic carboxylic acids is 1. The van der Waals surface area contributed by atoms with Crippen molar-refractivity contribution in [2.45, 2.75) is 11.3 Å². The summed E-state index contributed by atoms with van der Waals surface area (Å²) in [5.41, 5.74) is -3.75. The molecule has 0 aromatic heterocycles. The van der Waals surface area contributed by atoms with Crippen molar-refractivity contribution in [3.8, 4) is 0 Å². The van der Waals surface area contributed by atoms with Crippen LogP contribution in [0, 0.1) is 0 Å². The van der Waals surface area contributed by atoms with Gasteiger partial charge in [-0.2, -0.15) is 13.2 Å². The third-order valence-electron chi connectivity index (χ3n) is 1.60. The summed E-state index contributed by atoms with van der Waals surface area (Å²) < 4.78 is 35.5. The lowest BCUT2D eigenvalue weighted by molar-refractivity contribution is -0.0329. The van der Waals surface area contributed by atoms with E-state index in [1.807, 2.05) is 0 Å². The van der Waals surface area contributed by atoms with Gasteiger partial charge in [-0.05, 0) is 29.5 Å². The molecule has 82 valence electrons. The molecule has 0 aliphatic carbocycles. The van der Waals surface area contributed by atoms with Gasteiger partial charge in [0.2, 0.25) is 0 Å². The Bertz CT molecular complexity index is 345. The Morgan fingerprint density at radius 3 is 2.20 bits per heavy atom. The average molecular weight is 236 g/mol. The smallest absolute Gasteiger partial charge is 0.442 e. The van der Waals surface area contributed by atoms with Crippen LogP contribution in [-0.2, 0) is 5.75 Å². The Morgan fingerprint density at radius 2 is 1.80 bits per heavy atom. The molecule has 0 aliphatic rings. The SMILES string of the molecule is O=C(O)c1ccc(CSC(F)(F)F)cc1. The van der Waals surface area contributed by atoms with Crippen molar-refractivity contribution >= 4 is 17.7 Å². The average Bonchev–Trinajstić information content (AvgIpc) is 2.14. The summed E-state index contributed by atoms with van der Waals surface area (Å²) in [7, 11) is 0. The Hall–Kier alpha value is -1.17. The normalized spacial score (nSPS) is 11.4. The zero-order valence-corrected chi connectivity index (χ0v) is 8.23. The lowest BCUT2D eigenvalue weighted by atomic mass is 10.1. The fraction of sp³-hybridized carbons (Fsp3) is 0.222. The predicted octanol–water partition coefficient (Wildman–Crippen LogP) is 3.14. The minimum atomic E-state index is -4.26. The molecule has 0 unspecified atom stereocenters. The number of benzene rings is 1. The van der Waals surface area contributed by atoms with Crippen LogP contribution < -0.4 is 0 Å². The Balaban J connectivity index is 2.61. The number of hydrogen-bond acceptors (Lipinski definition) is 2. The maximum Gasteiger partial charge on any atom is 0.442 e. The summed E-state index contributed by atoms with van der Waals surface area (Å²) in [6.07, 6.45) is 0. The maximum atomic E-state index is 11.8. The van der Waals surface area contributed by atoms with Gasteiger partial charge in [0.25, 0.3) is 0 Å². The quantitative estimate of drug-likeness (QED) is 0.876. The molecule has 2 nitrogen and oxygen atoms in total. The topological polar surface area (TPSA) is 37.3 Å². The van der Waals surface area contributed by atoms with Crippen molar-refractivity contribution in [2.75, 3.05) is 0 Å². The summed E-state index contributed by atoms with van der Waals surface area (Å²) in [6, 6.07) is 5.33. The molecule has 0 saturated heterocycles. The van der Waals surface area contributed by atoms with Gasteiger partial charge >= 0.3 is 11.5 Å². The highest BCUT2D eigenvalue weighted by atomic mass is 32.2. The number of alkyl halides is 3. The molecule has 0 amide bonds. The van der Waals surface area contributed by atoms with Gasteiger partial charge in [0.1, 0.15) is 0 Å². The van der Waals surface area contributed by atoms with E-state index in [1.165, 1.54) is 24.3 Å². The number of carboxylic acid groups (broad SMARTS) is 1. The van der Waals surface area contributed by atoms with Gasteiger partial charge in [0.05, 0.1) is 5.56 Å². The van der Waals surface area contributed by atoms with Crippen LogP contribution in [0.2, 0.25) is 0 Å². The first-order chi connectivity index (χ1) is 6.88. The summed E-state index contributed by atoms with van der Waals surface area (Å²) >= 11 is -0.147. The van der Waals surface area contributed by atoms with E-state index >= 15 is 0 Å². The van der Waals surface area contributed by atoms with Crippen molar-refractivity contribution in [1.29, 1.82) is 0 Å². The monoisotopic (exact) mass is 236 g/mol. The second-order valence-electron chi connectivity index (χ2n) is 2.74. The molecule has 0 saturated carbocycles. The van der Waals surface area contributed by atoms with Crippen molar-refractivity contribution < 1.29 is 23.1 Å². The largest absolute Gasteiger partial charge is 0.478 e. The standard InChI is InChI=1S/C9H7F3O2S/c10-9(11,12)15-5-6-1-3-7(4-2-6)8(13)14/h1-4H,5H2,(H,13,14). The number of hydrogen-bond donors (Lipinski definition) is 1. The molecule has 15 heavy (non-hydrogen) atoms. The van der Waals surface area contributed by atoms with Crippen LogP contribution in [0.1, 0.15) is 15.9 Å². The molecule has 0 aliphatic heterocycles. The van der Waals surface area contributed by atoms with Crippen LogP contribution >= 0.6 is 11.8 Å². The number of carbonyl (C=O) groups is 1. The minimum Gasteiger partial charge on any atom is -0.478 e. The zero-order valence-electron chi connectivity index (χ0n) is 7.41. The number of carboxylic acids is 1. The van der Waals surface area contributed by atoms with Gasteiger partial charge in [-0.1, -0.05) is 12.1 Å². The first kappa shape index (κ1) is 11.9. The van der Waals surface area contributed by atoms with Crippen molar-refractivity contribution in [2.24, 2.45) is 0 Å². The second kappa shape index (κ2) is 4.57. The molecule has 6 heteroatoms. The molecule has 0 atom stereocenters. The van der Waals surface area contributed by atoms with Gasteiger partial charge < -0.3 is 5.11 Å². The lowest BCUT2D eigenvalue weighted by Gasteiger charge is -2.05. The van der Waals surface area contributed by atoms with Crippen LogP contribution in [-0.4, -0.2) is 16.6 Å². The van der Waals surface area contributed by atoms with E-state index in [2.05, 4.69) is 0 Å². The van der Waals surface area contributed by atoms with E-state index in [0.717, 1.165) is 0 Å². The number of halogens is 3. The molecule has 1 rings (SSSR count). The second-order valence-corrected chi connectivity index (χ2v) is 3.78. The van der Waals surface area contributed by atoms with E-state index in [-0.39, 0.29) is 23.1 Å². The molecular formula is C9H7F3O2S. The number of thioether (sulfide) groups is 1. The van der Waals surface area contributed by atoms with Gasteiger partial charge in [-0.15, -0.1) is 0 Å². The Kier molecular flexibility index (Phi) is 3.62. The van der Waals surface area contributed by atoms with E-state index in [1.54, 1.807) is 0 Å². The lowest BCUT2D eigenvalue weighted by Crippen LogP contribution is -2.01. The van der Waals surface area contributed by atoms with Crippen LogP contribution in [0.3, 0.4) is 0 Å². The van der Waals surface area contributed by atoms with Crippen LogP contribution in [0.15, 0.2) is 24.3 Å². The van der Waals surface area contributed by atoms with E-state index in [9.17, 15) is 18.0 Å². The van der Waals surface area contributed by atoms with E-state index < -0.39 is 11.5 Å². The van der Waals surface area contributed by atoms with Gasteiger partial charge in [-0.25, -0.2) is 4.79 Å². The molecule has 0 heterocycles. The molecule has 1 N–H and O–H groups in total. The van der Waals surface area contributed by atoms with Gasteiger partial charge in [0, 0.05) is 5.75 Å². The predicted molar refractivity (Wildman–Crippen MR) is 50.8 cm³/mol. The third-order valence-corrected chi connectivity index (χ3v) is 2.41. The molecule has 0 spiro atoms. The molecule has 0 fully saturated rings. The fourth-order valence-electron chi connectivity index (χ4n) is 0.909.